The minimum atomic E-state index is -0.489. The molecule has 1 aromatic rings. The highest BCUT2D eigenvalue weighted by Crippen LogP contribution is 2.31. The van der Waals surface area contributed by atoms with Crippen molar-refractivity contribution in [1.82, 2.24) is 0 Å². The van der Waals surface area contributed by atoms with Crippen molar-refractivity contribution in [3.05, 3.63) is 37.8 Å². The largest absolute Gasteiger partial charge is 0.469 e. The van der Waals surface area contributed by atoms with Gasteiger partial charge in [-0.25, -0.2) is 0 Å². The monoisotopic (exact) mass is 365 g/mol. The molecule has 0 saturated carbocycles. The number of carbonyl (C=O) groups excluding carboxylic acids is 1. The van der Waals surface area contributed by atoms with E-state index in [4.69, 9.17) is 0 Å². The summed E-state index contributed by atoms with van der Waals surface area (Å²) < 4.78 is 4.86. The predicted molar refractivity (Wildman–Crippen MR) is 69.1 cm³/mol. The zero-order valence-electron chi connectivity index (χ0n) is 8.91. The Morgan fingerprint density at radius 2 is 2.18 bits per heavy atom. The first-order valence-electron chi connectivity index (χ1n) is 4.58. The Morgan fingerprint density at radius 1 is 1.53 bits per heavy atom. The summed E-state index contributed by atoms with van der Waals surface area (Å²) in [5, 5.41) is 11.3. The number of nitro benzene ring substituents is 1. The van der Waals surface area contributed by atoms with Crippen LogP contribution in [0.2, 0.25) is 0 Å². The Kier molecular flexibility index (Phi) is 5.07. The summed E-state index contributed by atoms with van der Waals surface area (Å²) in [6.07, 6.45) is -0.00123. The number of hydrogen-bond acceptors (Lipinski definition) is 4. The van der Waals surface area contributed by atoms with Crippen LogP contribution in [-0.2, 0) is 21.3 Å². The van der Waals surface area contributed by atoms with E-state index in [9.17, 15) is 14.9 Å². The topological polar surface area (TPSA) is 69.4 Å². The Balaban J connectivity index is 3.23. The fourth-order valence-electron chi connectivity index (χ4n) is 1.30. The molecule has 0 N–H and O–H groups in total. The number of alkyl halides is 1. The van der Waals surface area contributed by atoms with Crippen LogP contribution < -0.4 is 0 Å². The Hall–Kier alpha value is -0.950. The lowest BCUT2D eigenvalue weighted by molar-refractivity contribution is -0.385. The van der Waals surface area contributed by atoms with Gasteiger partial charge in [0.1, 0.15) is 0 Å². The number of halogens is 2. The van der Waals surface area contributed by atoms with Crippen LogP contribution >= 0.6 is 31.9 Å². The van der Waals surface area contributed by atoms with Crippen molar-refractivity contribution >= 4 is 43.5 Å². The molecule has 0 aliphatic heterocycles. The number of benzene rings is 1. The van der Waals surface area contributed by atoms with E-state index in [1.807, 2.05) is 0 Å². The number of carbonyl (C=O) groups is 1. The molecule has 0 bridgehead atoms. The molecule has 0 radical (unpaired) electrons. The molecule has 1 rings (SSSR count). The molecule has 5 nitrogen and oxygen atoms in total. The minimum absolute atomic E-state index is 0.00123. The average Bonchev–Trinajstić information content (AvgIpc) is 2.31. The molecular weight excluding hydrogens is 358 g/mol. The van der Waals surface area contributed by atoms with Crippen LogP contribution in [-0.4, -0.2) is 18.0 Å². The third kappa shape index (κ3) is 3.50. The number of ether oxygens (including phenoxy) is 1. The normalized spacial score (nSPS) is 10.1. The summed E-state index contributed by atoms with van der Waals surface area (Å²) >= 11 is 6.37. The molecule has 1 aromatic carbocycles. The first kappa shape index (κ1) is 14.1. The van der Waals surface area contributed by atoms with E-state index in [-0.39, 0.29) is 12.1 Å². The number of rotatable bonds is 4. The number of hydrogen-bond donors (Lipinski definition) is 0. The molecule has 0 aliphatic carbocycles. The Morgan fingerprint density at radius 3 is 2.65 bits per heavy atom. The zero-order chi connectivity index (χ0) is 13.0. The highest BCUT2D eigenvalue weighted by Gasteiger charge is 2.19. The van der Waals surface area contributed by atoms with Crippen molar-refractivity contribution in [3.8, 4) is 0 Å². The lowest BCUT2D eigenvalue weighted by Gasteiger charge is -2.06. The second-order valence-corrected chi connectivity index (χ2v) is 4.59. The van der Waals surface area contributed by atoms with E-state index in [2.05, 4.69) is 36.6 Å². The van der Waals surface area contributed by atoms with Gasteiger partial charge in [0.15, 0.2) is 0 Å². The molecule has 92 valence electrons. The molecule has 0 fully saturated rings. The minimum Gasteiger partial charge on any atom is -0.469 e. The van der Waals surface area contributed by atoms with E-state index in [0.29, 0.717) is 15.4 Å². The molecule has 0 amide bonds. The van der Waals surface area contributed by atoms with E-state index in [1.165, 1.54) is 13.2 Å². The summed E-state index contributed by atoms with van der Waals surface area (Å²) in [4.78, 5) is 21.5. The van der Waals surface area contributed by atoms with Gasteiger partial charge in [-0.15, -0.1) is 0 Å². The van der Waals surface area contributed by atoms with Gasteiger partial charge in [-0.2, -0.15) is 0 Å². The first-order chi connectivity index (χ1) is 7.99. The molecule has 0 aromatic heterocycles. The smallest absolute Gasteiger partial charge is 0.310 e. The van der Waals surface area contributed by atoms with Gasteiger partial charge in [0.25, 0.3) is 5.69 Å². The van der Waals surface area contributed by atoms with Crippen molar-refractivity contribution < 1.29 is 14.5 Å². The second kappa shape index (κ2) is 6.11. The van der Waals surface area contributed by atoms with E-state index in [0.717, 1.165) is 5.56 Å². The van der Waals surface area contributed by atoms with Crippen LogP contribution in [0.25, 0.3) is 0 Å². The van der Waals surface area contributed by atoms with Gasteiger partial charge in [0.2, 0.25) is 0 Å². The third-order valence-electron chi connectivity index (χ3n) is 2.10. The molecule has 0 atom stereocenters. The van der Waals surface area contributed by atoms with Gasteiger partial charge in [-0.05, 0) is 27.1 Å². The second-order valence-electron chi connectivity index (χ2n) is 3.23. The van der Waals surface area contributed by atoms with E-state index >= 15 is 0 Å². The lowest BCUT2D eigenvalue weighted by atomic mass is 10.1. The summed E-state index contributed by atoms with van der Waals surface area (Å²) in [5.74, 6) is -0.438. The number of esters is 1. The molecule has 0 saturated heterocycles. The quantitative estimate of drug-likeness (QED) is 0.355. The number of nitro groups is 1. The maximum absolute atomic E-state index is 11.2. The highest BCUT2D eigenvalue weighted by atomic mass is 79.9. The molecule has 0 heterocycles. The molecule has 17 heavy (non-hydrogen) atoms. The van der Waals surface area contributed by atoms with Crippen LogP contribution in [0.1, 0.15) is 11.1 Å². The van der Waals surface area contributed by atoms with Crippen LogP contribution in [0, 0.1) is 10.1 Å². The fourth-order valence-corrected chi connectivity index (χ4v) is 2.14. The Labute approximate surface area is 115 Å². The predicted octanol–water partition coefficient (Wildman–Crippen LogP) is 2.97. The van der Waals surface area contributed by atoms with Crippen molar-refractivity contribution in [3.63, 3.8) is 0 Å². The van der Waals surface area contributed by atoms with Gasteiger partial charge >= 0.3 is 5.97 Å². The first-order valence-corrected chi connectivity index (χ1v) is 6.49. The van der Waals surface area contributed by atoms with Crippen molar-refractivity contribution in [2.24, 2.45) is 0 Å². The summed E-state index contributed by atoms with van der Waals surface area (Å²) in [6, 6.07) is 3.18. The molecule has 0 aliphatic rings. The average molecular weight is 367 g/mol. The van der Waals surface area contributed by atoms with Gasteiger partial charge in [-0.3, -0.25) is 14.9 Å². The summed E-state index contributed by atoms with van der Waals surface area (Å²) in [5.41, 5.74) is 1.22. The van der Waals surface area contributed by atoms with Crippen LogP contribution in [0.15, 0.2) is 16.6 Å². The van der Waals surface area contributed by atoms with Gasteiger partial charge in [0.05, 0.1) is 22.9 Å². The standard InChI is InChI=1S/C10H9Br2NO4/c1-17-9(14)4-7-2-6(5-11)3-8(10(7)12)13(15)16/h2-3H,4-5H2,1H3. The van der Waals surface area contributed by atoms with Crippen LogP contribution in [0.4, 0.5) is 5.69 Å². The maximum atomic E-state index is 11.2. The molecular formula is C10H9Br2NO4. The van der Waals surface area contributed by atoms with Crippen molar-refractivity contribution in [2.45, 2.75) is 11.8 Å². The van der Waals surface area contributed by atoms with Gasteiger partial charge in [0, 0.05) is 11.4 Å². The van der Waals surface area contributed by atoms with Crippen LogP contribution in [0.3, 0.4) is 0 Å². The molecule has 0 spiro atoms. The van der Waals surface area contributed by atoms with E-state index < -0.39 is 10.9 Å². The lowest BCUT2D eigenvalue weighted by Crippen LogP contribution is -2.06. The van der Waals surface area contributed by atoms with Gasteiger partial charge < -0.3 is 4.74 Å². The molecule has 0 unspecified atom stereocenters. The maximum Gasteiger partial charge on any atom is 0.310 e. The zero-order valence-corrected chi connectivity index (χ0v) is 12.1. The van der Waals surface area contributed by atoms with Gasteiger partial charge in [-0.1, -0.05) is 22.0 Å². The number of nitrogens with zero attached hydrogens (tertiary/aromatic N) is 1. The summed E-state index contributed by atoms with van der Waals surface area (Å²) in [6.45, 7) is 0. The van der Waals surface area contributed by atoms with Crippen LogP contribution in [0.5, 0.6) is 0 Å². The highest BCUT2D eigenvalue weighted by molar-refractivity contribution is 9.10. The van der Waals surface area contributed by atoms with Crippen molar-refractivity contribution in [2.75, 3.05) is 7.11 Å². The van der Waals surface area contributed by atoms with E-state index in [1.54, 1.807) is 6.07 Å². The molecule has 7 heteroatoms. The number of methoxy groups -OCH3 is 1. The SMILES string of the molecule is COC(=O)Cc1cc(CBr)cc([N+](=O)[O-])c1Br. The fraction of sp³-hybridized carbons (Fsp3) is 0.300. The Bertz CT molecular complexity index is 462. The summed E-state index contributed by atoms with van der Waals surface area (Å²) in [7, 11) is 1.28. The third-order valence-corrected chi connectivity index (χ3v) is 3.67. The van der Waals surface area contributed by atoms with Crippen molar-refractivity contribution in [1.29, 1.82) is 0 Å².